The van der Waals surface area contributed by atoms with E-state index < -0.39 is 28.9 Å². The van der Waals surface area contributed by atoms with E-state index in [1.54, 1.807) is 18.2 Å². The van der Waals surface area contributed by atoms with Crippen molar-refractivity contribution in [2.75, 3.05) is 19.4 Å². The Kier molecular flexibility index (Phi) is 6.00. The SMILES string of the molecule is Cc1cccc(NC(=O)C(=O)Cc2nc3cc([N+](=O)[O-])ccc3nc2C(=O)N(C)C)c1. The van der Waals surface area contributed by atoms with Crippen molar-refractivity contribution in [3.05, 3.63) is 69.5 Å². The second-order valence-electron chi connectivity index (χ2n) is 7.07. The van der Waals surface area contributed by atoms with E-state index >= 15 is 0 Å². The summed E-state index contributed by atoms with van der Waals surface area (Å²) in [6, 6.07) is 10.8. The summed E-state index contributed by atoms with van der Waals surface area (Å²) in [6.45, 7) is 1.85. The fraction of sp³-hybridized carbons (Fsp3) is 0.190. The molecular formula is C21H19N5O5. The Labute approximate surface area is 177 Å². The monoisotopic (exact) mass is 421 g/mol. The van der Waals surface area contributed by atoms with Crippen molar-refractivity contribution in [3.8, 4) is 0 Å². The Morgan fingerprint density at radius 2 is 1.81 bits per heavy atom. The Morgan fingerprint density at radius 3 is 2.45 bits per heavy atom. The maximum Gasteiger partial charge on any atom is 0.292 e. The van der Waals surface area contributed by atoms with Gasteiger partial charge in [-0.15, -0.1) is 0 Å². The third-order valence-corrected chi connectivity index (χ3v) is 4.40. The number of hydrogen-bond donors (Lipinski definition) is 1. The zero-order chi connectivity index (χ0) is 22.7. The largest absolute Gasteiger partial charge is 0.343 e. The van der Waals surface area contributed by atoms with Crippen LogP contribution in [0.25, 0.3) is 11.0 Å². The molecule has 0 saturated carbocycles. The minimum absolute atomic E-state index is 0.0314. The lowest BCUT2D eigenvalue weighted by Crippen LogP contribution is -2.28. The molecule has 1 N–H and O–H groups in total. The van der Waals surface area contributed by atoms with E-state index in [-0.39, 0.29) is 28.1 Å². The summed E-state index contributed by atoms with van der Waals surface area (Å²) < 4.78 is 0. The summed E-state index contributed by atoms with van der Waals surface area (Å²) >= 11 is 0. The van der Waals surface area contributed by atoms with E-state index in [9.17, 15) is 24.5 Å². The van der Waals surface area contributed by atoms with E-state index in [0.29, 0.717) is 5.69 Å². The highest BCUT2D eigenvalue weighted by molar-refractivity contribution is 6.41. The Hall–Kier alpha value is -4.21. The number of anilines is 1. The summed E-state index contributed by atoms with van der Waals surface area (Å²) in [4.78, 5) is 57.7. The molecule has 3 aromatic rings. The lowest BCUT2D eigenvalue weighted by molar-refractivity contribution is -0.384. The molecule has 0 unspecified atom stereocenters. The number of non-ortho nitro benzene ring substituents is 1. The molecule has 0 saturated heterocycles. The number of aromatic nitrogens is 2. The number of rotatable bonds is 6. The maximum absolute atomic E-state index is 12.6. The third-order valence-electron chi connectivity index (χ3n) is 4.40. The van der Waals surface area contributed by atoms with Gasteiger partial charge in [0, 0.05) is 31.9 Å². The minimum Gasteiger partial charge on any atom is -0.343 e. The number of nitro benzene ring substituents is 1. The molecule has 0 aliphatic rings. The van der Waals surface area contributed by atoms with Crippen LogP contribution >= 0.6 is 0 Å². The molecule has 0 aliphatic carbocycles. The first-order valence-electron chi connectivity index (χ1n) is 9.23. The van der Waals surface area contributed by atoms with Gasteiger partial charge in [-0.1, -0.05) is 12.1 Å². The van der Waals surface area contributed by atoms with Gasteiger partial charge in [0.1, 0.15) is 0 Å². The first-order valence-corrected chi connectivity index (χ1v) is 9.23. The van der Waals surface area contributed by atoms with Gasteiger partial charge >= 0.3 is 0 Å². The van der Waals surface area contributed by atoms with Gasteiger partial charge in [0.2, 0.25) is 5.78 Å². The van der Waals surface area contributed by atoms with Crippen LogP contribution in [0.15, 0.2) is 42.5 Å². The van der Waals surface area contributed by atoms with Gasteiger partial charge < -0.3 is 10.2 Å². The number of carbonyl (C=O) groups is 3. The van der Waals surface area contributed by atoms with Crippen molar-refractivity contribution >= 4 is 40.0 Å². The number of ketones is 1. The van der Waals surface area contributed by atoms with Crippen LogP contribution in [0.2, 0.25) is 0 Å². The van der Waals surface area contributed by atoms with Gasteiger partial charge in [-0.25, -0.2) is 9.97 Å². The topological polar surface area (TPSA) is 135 Å². The molecule has 1 heterocycles. The van der Waals surface area contributed by atoms with Gasteiger partial charge in [0.25, 0.3) is 17.5 Å². The summed E-state index contributed by atoms with van der Waals surface area (Å²) in [6.07, 6.45) is -0.488. The maximum atomic E-state index is 12.6. The number of benzene rings is 2. The number of Topliss-reactive ketones (excluding diaryl/α,β-unsaturated/α-hetero) is 1. The Morgan fingerprint density at radius 1 is 1.06 bits per heavy atom. The van der Waals surface area contributed by atoms with E-state index in [1.807, 2.05) is 13.0 Å². The number of carbonyl (C=O) groups excluding carboxylic acids is 3. The van der Waals surface area contributed by atoms with Crippen LogP contribution in [0.5, 0.6) is 0 Å². The molecule has 10 nitrogen and oxygen atoms in total. The van der Waals surface area contributed by atoms with E-state index in [1.165, 1.54) is 37.2 Å². The van der Waals surface area contributed by atoms with Crippen LogP contribution in [0, 0.1) is 17.0 Å². The molecule has 10 heteroatoms. The van der Waals surface area contributed by atoms with Crippen LogP contribution in [0.4, 0.5) is 11.4 Å². The molecule has 3 rings (SSSR count). The van der Waals surface area contributed by atoms with Crippen LogP contribution in [0.3, 0.4) is 0 Å². The van der Waals surface area contributed by atoms with Crippen molar-refractivity contribution in [2.24, 2.45) is 0 Å². The number of amides is 2. The fourth-order valence-corrected chi connectivity index (χ4v) is 2.86. The average molecular weight is 421 g/mol. The van der Waals surface area contributed by atoms with Crippen LogP contribution in [0.1, 0.15) is 21.7 Å². The zero-order valence-electron chi connectivity index (χ0n) is 17.1. The molecule has 2 aromatic carbocycles. The van der Waals surface area contributed by atoms with Crippen LogP contribution in [-0.4, -0.2) is 51.5 Å². The smallest absolute Gasteiger partial charge is 0.292 e. The summed E-state index contributed by atoms with van der Waals surface area (Å²) in [5.74, 6) is -2.20. The standard InChI is InChI=1S/C21H19N5O5/c1-12-5-4-6-13(9-12)22-20(28)18(27)11-17-19(21(29)25(2)3)24-15-8-7-14(26(30)31)10-16(15)23-17/h4-10H,11H2,1-3H3,(H,22,28). The van der Waals surface area contributed by atoms with Gasteiger partial charge in [0.15, 0.2) is 5.69 Å². The lowest BCUT2D eigenvalue weighted by Gasteiger charge is -2.13. The molecule has 0 aliphatic heterocycles. The van der Waals surface area contributed by atoms with Crippen molar-refractivity contribution in [2.45, 2.75) is 13.3 Å². The number of nitro groups is 1. The van der Waals surface area contributed by atoms with Crippen molar-refractivity contribution < 1.29 is 19.3 Å². The molecule has 0 bridgehead atoms. The third kappa shape index (κ3) is 4.86. The number of fused-ring (bicyclic) bond motifs is 1. The predicted octanol–water partition coefficient (Wildman–Crippen LogP) is 2.30. The summed E-state index contributed by atoms with van der Waals surface area (Å²) in [5.41, 5.74) is 1.44. The van der Waals surface area contributed by atoms with Crippen LogP contribution in [-0.2, 0) is 16.0 Å². The lowest BCUT2D eigenvalue weighted by atomic mass is 10.1. The predicted molar refractivity (Wildman–Crippen MR) is 113 cm³/mol. The number of nitrogens with one attached hydrogen (secondary N) is 1. The normalized spacial score (nSPS) is 10.5. The van der Waals surface area contributed by atoms with E-state index in [4.69, 9.17) is 0 Å². The van der Waals surface area contributed by atoms with Gasteiger partial charge in [0.05, 0.1) is 28.1 Å². The summed E-state index contributed by atoms with van der Waals surface area (Å²) in [7, 11) is 3.03. The highest BCUT2D eigenvalue weighted by Crippen LogP contribution is 2.21. The molecule has 1 aromatic heterocycles. The number of aryl methyl sites for hydroxylation is 1. The van der Waals surface area contributed by atoms with Gasteiger partial charge in [-0.2, -0.15) is 0 Å². The first kappa shape index (κ1) is 21.5. The zero-order valence-corrected chi connectivity index (χ0v) is 17.1. The molecule has 31 heavy (non-hydrogen) atoms. The Bertz CT molecular complexity index is 1220. The molecule has 0 fully saturated rings. The average Bonchev–Trinajstić information content (AvgIpc) is 2.72. The van der Waals surface area contributed by atoms with Crippen molar-refractivity contribution in [1.29, 1.82) is 0 Å². The second kappa shape index (κ2) is 8.66. The quantitative estimate of drug-likeness (QED) is 0.366. The van der Waals surface area contributed by atoms with Crippen LogP contribution < -0.4 is 5.32 Å². The Balaban J connectivity index is 1.96. The molecular weight excluding hydrogens is 402 g/mol. The second-order valence-corrected chi connectivity index (χ2v) is 7.07. The van der Waals surface area contributed by atoms with Gasteiger partial charge in [-0.3, -0.25) is 24.5 Å². The molecule has 0 spiro atoms. The highest BCUT2D eigenvalue weighted by atomic mass is 16.6. The van der Waals surface area contributed by atoms with Gasteiger partial charge in [-0.05, 0) is 30.7 Å². The first-order chi connectivity index (χ1) is 14.7. The minimum atomic E-state index is -0.866. The highest BCUT2D eigenvalue weighted by Gasteiger charge is 2.24. The van der Waals surface area contributed by atoms with E-state index in [2.05, 4.69) is 15.3 Å². The fourth-order valence-electron chi connectivity index (χ4n) is 2.86. The molecule has 0 radical (unpaired) electrons. The number of hydrogen-bond acceptors (Lipinski definition) is 7. The molecule has 158 valence electrons. The molecule has 0 atom stereocenters. The van der Waals surface area contributed by atoms with E-state index in [0.717, 1.165) is 5.56 Å². The number of nitrogens with zero attached hydrogens (tertiary/aromatic N) is 4. The molecule has 2 amide bonds. The summed E-state index contributed by atoms with van der Waals surface area (Å²) in [5, 5.41) is 13.6. The van der Waals surface area contributed by atoms with Crippen molar-refractivity contribution in [1.82, 2.24) is 14.9 Å². The van der Waals surface area contributed by atoms with Crippen molar-refractivity contribution in [3.63, 3.8) is 0 Å².